The van der Waals surface area contributed by atoms with Crippen LogP contribution in [0, 0.1) is 0 Å². The average molecular weight is 262 g/mol. The van der Waals surface area contributed by atoms with Gasteiger partial charge < -0.3 is 10.6 Å². The van der Waals surface area contributed by atoms with Gasteiger partial charge in [-0.25, -0.2) is 0 Å². The van der Waals surface area contributed by atoms with Gasteiger partial charge in [0.15, 0.2) is 0 Å². The summed E-state index contributed by atoms with van der Waals surface area (Å²) >= 11 is 6.08. The molecule has 0 saturated carbocycles. The van der Waals surface area contributed by atoms with Crippen LogP contribution in [-0.4, -0.2) is 23.5 Å². The van der Waals surface area contributed by atoms with E-state index in [4.69, 9.17) is 22.3 Å². The minimum absolute atomic E-state index is 0.537. The van der Waals surface area contributed by atoms with E-state index >= 15 is 0 Å². The summed E-state index contributed by atoms with van der Waals surface area (Å²) in [5, 5.41) is 1.84. The topological polar surface area (TPSA) is 42.2 Å². The van der Waals surface area contributed by atoms with Gasteiger partial charge in [-0.05, 0) is 36.4 Å². The van der Waals surface area contributed by atoms with Crippen molar-refractivity contribution >= 4 is 22.5 Å². The number of rotatable bonds is 1. The molecule has 2 aromatic rings. The zero-order valence-corrected chi connectivity index (χ0v) is 11.2. The van der Waals surface area contributed by atoms with Gasteiger partial charge >= 0.3 is 0 Å². The van der Waals surface area contributed by atoms with E-state index in [1.807, 2.05) is 18.2 Å². The Hall–Kier alpha value is -1.16. The van der Waals surface area contributed by atoms with Crippen molar-refractivity contribution in [2.45, 2.75) is 19.5 Å². The van der Waals surface area contributed by atoms with Crippen molar-refractivity contribution in [2.75, 3.05) is 13.6 Å². The summed E-state index contributed by atoms with van der Waals surface area (Å²) < 4.78 is 0. The van der Waals surface area contributed by atoms with E-state index in [-0.39, 0.29) is 0 Å². The number of hydrogen-bond donors (Lipinski definition) is 1. The SMILES string of the molecule is CN1CCc2nc3ccc(Cl)cc3c(CN)c2C1. The molecule has 1 aliphatic rings. The monoisotopic (exact) mass is 261 g/mol. The number of nitrogens with zero attached hydrogens (tertiary/aromatic N) is 2. The second-order valence-corrected chi connectivity index (χ2v) is 5.31. The highest BCUT2D eigenvalue weighted by Gasteiger charge is 2.19. The fraction of sp³-hybridized carbons (Fsp3) is 0.357. The second kappa shape index (κ2) is 4.50. The van der Waals surface area contributed by atoms with Crippen LogP contribution in [0.15, 0.2) is 18.2 Å². The number of aromatic nitrogens is 1. The molecule has 2 N–H and O–H groups in total. The van der Waals surface area contributed by atoms with Gasteiger partial charge in [0, 0.05) is 42.2 Å². The first-order chi connectivity index (χ1) is 8.69. The molecule has 0 aliphatic carbocycles. The Bertz CT molecular complexity index is 610. The quantitative estimate of drug-likeness (QED) is 0.857. The number of benzene rings is 1. The van der Waals surface area contributed by atoms with Gasteiger partial charge in [0.1, 0.15) is 0 Å². The molecule has 3 nitrogen and oxygen atoms in total. The first-order valence-corrected chi connectivity index (χ1v) is 6.55. The molecule has 0 radical (unpaired) electrons. The van der Waals surface area contributed by atoms with E-state index in [0.29, 0.717) is 6.54 Å². The minimum Gasteiger partial charge on any atom is -0.326 e. The summed E-state index contributed by atoms with van der Waals surface area (Å²) in [7, 11) is 2.13. The number of fused-ring (bicyclic) bond motifs is 2. The summed E-state index contributed by atoms with van der Waals surface area (Å²) in [6.45, 7) is 2.52. The van der Waals surface area contributed by atoms with Gasteiger partial charge in [0.2, 0.25) is 0 Å². The third-order valence-electron chi connectivity index (χ3n) is 3.61. The average Bonchev–Trinajstić information content (AvgIpc) is 2.36. The molecule has 2 heterocycles. The molecule has 0 fully saturated rings. The standard InChI is InChI=1S/C14H16ClN3/c1-18-5-4-14-12(8-18)11(7-16)10-6-9(15)2-3-13(10)17-14/h2-3,6H,4-5,7-8,16H2,1H3. The number of pyridine rings is 1. The van der Waals surface area contributed by atoms with E-state index in [9.17, 15) is 0 Å². The van der Waals surface area contributed by atoms with E-state index < -0.39 is 0 Å². The van der Waals surface area contributed by atoms with Crippen LogP contribution in [-0.2, 0) is 19.5 Å². The van der Waals surface area contributed by atoms with Gasteiger partial charge in [-0.3, -0.25) is 4.98 Å². The zero-order valence-electron chi connectivity index (χ0n) is 10.4. The van der Waals surface area contributed by atoms with E-state index in [1.165, 1.54) is 16.8 Å². The molecule has 94 valence electrons. The Kier molecular flexibility index (Phi) is 2.98. The molecule has 1 aromatic carbocycles. The molecule has 0 bridgehead atoms. The largest absolute Gasteiger partial charge is 0.326 e. The maximum absolute atomic E-state index is 6.08. The van der Waals surface area contributed by atoms with Crippen LogP contribution in [0.2, 0.25) is 5.02 Å². The van der Waals surface area contributed by atoms with Crippen molar-refractivity contribution in [1.29, 1.82) is 0 Å². The minimum atomic E-state index is 0.537. The highest BCUT2D eigenvalue weighted by molar-refractivity contribution is 6.31. The van der Waals surface area contributed by atoms with Crippen LogP contribution in [0.25, 0.3) is 10.9 Å². The smallest absolute Gasteiger partial charge is 0.0709 e. The molecule has 0 atom stereocenters. The van der Waals surface area contributed by atoms with Crippen molar-refractivity contribution in [3.8, 4) is 0 Å². The molecule has 0 unspecified atom stereocenters. The third-order valence-corrected chi connectivity index (χ3v) is 3.85. The molecular formula is C14H16ClN3. The molecule has 0 spiro atoms. The summed E-state index contributed by atoms with van der Waals surface area (Å²) in [5.41, 5.74) is 10.6. The van der Waals surface area contributed by atoms with Crippen LogP contribution in [0.1, 0.15) is 16.8 Å². The molecule has 4 heteroatoms. The molecule has 18 heavy (non-hydrogen) atoms. The van der Waals surface area contributed by atoms with Crippen molar-refractivity contribution < 1.29 is 0 Å². The van der Waals surface area contributed by atoms with Crippen LogP contribution < -0.4 is 5.73 Å². The Balaban J connectivity index is 2.31. The van der Waals surface area contributed by atoms with Crippen LogP contribution in [0.5, 0.6) is 0 Å². The van der Waals surface area contributed by atoms with Crippen molar-refractivity contribution in [2.24, 2.45) is 5.73 Å². The molecule has 3 rings (SSSR count). The number of hydrogen-bond acceptors (Lipinski definition) is 3. The predicted molar refractivity (Wildman–Crippen MR) is 74.7 cm³/mol. The van der Waals surface area contributed by atoms with Gasteiger partial charge in [-0.1, -0.05) is 11.6 Å². The second-order valence-electron chi connectivity index (χ2n) is 4.87. The summed E-state index contributed by atoms with van der Waals surface area (Å²) in [6.07, 6.45) is 0.997. The maximum Gasteiger partial charge on any atom is 0.0709 e. The summed E-state index contributed by atoms with van der Waals surface area (Å²) in [6, 6.07) is 5.84. The molecule has 1 aliphatic heterocycles. The fourth-order valence-corrected chi connectivity index (χ4v) is 2.84. The van der Waals surface area contributed by atoms with Gasteiger partial charge in [-0.15, -0.1) is 0 Å². The van der Waals surface area contributed by atoms with Crippen LogP contribution in [0.3, 0.4) is 0 Å². The van der Waals surface area contributed by atoms with Crippen molar-refractivity contribution in [3.05, 3.63) is 40.0 Å². The number of nitrogens with two attached hydrogens (primary N) is 1. The molecule has 1 aromatic heterocycles. The van der Waals surface area contributed by atoms with Crippen molar-refractivity contribution in [1.82, 2.24) is 9.88 Å². The highest BCUT2D eigenvalue weighted by Crippen LogP contribution is 2.29. The van der Waals surface area contributed by atoms with Gasteiger partial charge in [-0.2, -0.15) is 0 Å². The molecule has 0 saturated heterocycles. The van der Waals surface area contributed by atoms with E-state index in [1.54, 1.807) is 0 Å². The fourth-order valence-electron chi connectivity index (χ4n) is 2.67. The Labute approximate surface area is 112 Å². The lowest BCUT2D eigenvalue weighted by atomic mass is 9.96. The lowest BCUT2D eigenvalue weighted by molar-refractivity contribution is 0.309. The van der Waals surface area contributed by atoms with E-state index in [2.05, 4.69) is 11.9 Å². The van der Waals surface area contributed by atoms with Crippen LogP contribution >= 0.6 is 11.6 Å². The van der Waals surface area contributed by atoms with Gasteiger partial charge in [0.25, 0.3) is 0 Å². The normalized spacial score (nSPS) is 15.9. The van der Waals surface area contributed by atoms with Gasteiger partial charge in [0.05, 0.1) is 5.52 Å². The van der Waals surface area contributed by atoms with E-state index in [0.717, 1.165) is 35.4 Å². The number of halogens is 1. The zero-order chi connectivity index (χ0) is 12.7. The third kappa shape index (κ3) is 1.88. The Morgan fingerprint density at radius 1 is 1.44 bits per heavy atom. The highest BCUT2D eigenvalue weighted by atomic mass is 35.5. The first kappa shape index (κ1) is 11.9. The number of likely N-dealkylation sites (N-methyl/N-ethyl adjacent to an activating group) is 1. The van der Waals surface area contributed by atoms with Crippen molar-refractivity contribution in [3.63, 3.8) is 0 Å². The lowest BCUT2D eigenvalue weighted by Crippen LogP contribution is -2.29. The lowest BCUT2D eigenvalue weighted by Gasteiger charge is -2.27. The predicted octanol–water partition coefficient (Wildman–Crippen LogP) is 2.33. The Morgan fingerprint density at radius 2 is 2.28 bits per heavy atom. The summed E-state index contributed by atoms with van der Waals surface area (Å²) in [5.74, 6) is 0. The summed E-state index contributed by atoms with van der Waals surface area (Å²) in [4.78, 5) is 7.06. The van der Waals surface area contributed by atoms with Crippen LogP contribution in [0.4, 0.5) is 0 Å². The molecule has 0 amide bonds. The molecular weight excluding hydrogens is 246 g/mol. The Morgan fingerprint density at radius 3 is 3.06 bits per heavy atom. The maximum atomic E-state index is 6.08. The first-order valence-electron chi connectivity index (χ1n) is 6.17.